The predicted molar refractivity (Wildman–Crippen MR) is 49.3 cm³/mol. The van der Waals surface area contributed by atoms with Crippen molar-refractivity contribution in [1.29, 1.82) is 0 Å². The molecule has 0 aliphatic heterocycles. The van der Waals surface area contributed by atoms with Crippen LogP contribution in [0.5, 0.6) is 0 Å². The van der Waals surface area contributed by atoms with Gasteiger partial charge in [-0.05, 0) is 19.9 Å². The second-order valence-electron chi connectivity index (χ2n) is 3.22. The van der Waals surface area contributed by atoms with Crippen LogP contribution in [-0.2, 0) is 6.42 Å². The Bertz CT molecular complexity index is 236. The number of thiophene rings is 1. The zero-order valence-electron chi connectivity index (χ0n) is 6.60. The second kappa shape index (κ2) is 3.13. The van der Waals surface area contributed by atoms with Crippen LogP contribution >= 0.6 is 22.9 Å². The maximum Gasteiger partial charge on any atom is 0.0639 e. The Morgan fingerprint density at radius 1 is 1.64 bits per heavy atom. The zero-order chi connectivity index (χ0) is 8.48. The Balaban J connectivity index is 2.65. The topological polar surface area (TPSA) is 20.2 Å². The molecule has 0 bridgehead atoms. The number of rotatable bonds is 2. The molecule has 0 aliphatic carbocycles. The lowest BCUT2D eigenvalue weighted by molar-refractivity contribution is 0.0818. The van der Waals surface area contributed by atoms with E-state index in [-0.39, 0.29) is 0 Å². The van der Waals surface area contributed by atoms with Gasteiger partial charge in [-0.2, -0.15) is 0 Å². The molecule has 3 heteroatoms. The van der Waals surface area contributed by atoms with Crippen LogP contribution in [0.25, 0.3) is 0 Å². The standard InChI is InChI=1S/C8H11ClOS/c1-8(2,10)4-7-3-6(9)5-11-7/h3,5,10H,4H2,1-2H3. The van der Waals surface area contributed by atoms with Crippen molar-refractivity contribution in [2.45, 2.75) is 25.9 Å². The maximum atomic E-state index is 9.44. The predicted octanol–water partition coefficient (Wildman–Crippen LogP) is 2.71. The van der Waals surface area contributed by atoms with Gasteiger partial charge in [-0.25, -0.2) is 0 Å². The van der Waals surface area contributed by atoms with E-state index in [2.05, 4.69) is 0 Å². The third kappa shape index (κ3) is 3.23. The van der Waals surface area contributed by atoms with Crippen LogP contribution in [0.2, 0.25) is 5.02 Å². The van der Waals surface area contributed by atoms with Gasteiger partial charge in [-0.15, -0.1) is 11.3 Å². The van der Waals surface area contributed by atoms with Gasteiger partial charge >= 0.3 is 0 Å². The fourth-order valence-electron chi connectivity index (χ4n) is 0.873. The summed E-state index contributed by atoms with van der Waals surface area (Å²) in [6, 6.07) is 1.89. The zero-order valence-corrected chi connectivity index (χ0v) is 8.17. The van der Waals surface area contributed by atoms with Gasteiger partial charge in [-0.3, -0.25) is 0 Å². The van der Waals surface area contributed by atoms with Crippen molar-refractivity contribution in [3.63, 3.8) is 0 Å². The summed E-state index contributed by atoms with van der Waals surface area (Å²) in [5, 5.41) is 12.1. The molecular weight excluding hydrogens is 180 g/mol. The van der Waals surface area contributed by atoms with Crippen LogP contribution in [0, 0.1) is 0 Å². The summed E-state index contributed by atoms with van der Waals surface area (Å²) in [4.78, 5) is 1.13. The van der Waals surface area contributed by atoms with E-state index in [0.717, 1.165) is 9.90 Å². The lowest BCUT2D eigenvalue weighted by Gasteiger charge is -2.14. The molecule has 0 saturated heterocycles. The molecule has 0 radical (unpaired) electrons. The quantitative estimate of drug-likeness (QED) is 0.761. The summed E-state index contributed by atoms with van der Waals surface area (Å²) in [6.07, 6.45) is 0.671. The number of halogens is 1. The number of aliphatic hydroxyl groups is 1. The molecule has 0 atom stereocenters. The minimum absolute atomic E-state index is 0.631. The molecule has 1 rings (SSSR count). The van der Waals surface area contributed by atoms with Crippen LogP contribution in [0.15, 0.2) is 11.4 Å². The van der Waals surface area contributed by atoms with Crippen LogP contribution < -0.4 is 0 Å². The molecule has 0 aromatic carbocycles. The van der Waals surface area contributed by atoms with Gasteiger partial charge in [0, 0.05) is 16.7 Å². The highest BCUT2D eigenvalue weighted by atomic mass is 35.5. The van der Waals surface area contributed by atoms with Gasteiger partial charge in [0.05, 0.1) is 10.6 Å². The lowest BCUT2D eigenvalue weighted by Crippen LogP contribution is -2.20. The molecule has 1 N–H and O–H groups in total. The van der Waals surface area contributed by atoms with E-state index >= 15 is 0 Å². The first-order valence-electron chi connectivity index (χ1n) is 3.43. The summed E-state index contributed by atoms with van der Waals surface area (Å²) in [7, 11) is 0. The van der Waals surface area contributed by atoms with Crippen molar-refractivity contribution < 1.29 is 5.11 Å². The van der Waals surface area contributed by atoms with Gasteiger partial charge in [0.25, 0.3) is 0 Å². The molecule has 0 saturated carbocycles. The molecule has 62 valence electrons. The van der Waals surface area contributed by atoms with Crippen molar-refractivity contribution in [2.24, 2.45) is 0 Å². The van der Waals surface area contributed by atoms with Crippen LogP contribution in [0.1, 0.15) is 18.7 Å². The van der Waals surface area contributed by atoms with Crippen molar-refractivity contribution >= 4 is 22.9 Å². The van der Waals surface area contributed by atoms with E-state index in [1.54, 1.807) is 25.2 Å². The van der Waals surface area contributed by atoms with E-state index < -0.39 is 5.60 Å². The molecule has 0 amide bonds. The first kappa shape index (κ1) is 9.04. The van der Waals surface area contributed by atoms with Gasteiger partial charge in [0.15, 0.2) is 0 Å². The lowest BCUT2D eigenvalue weighted by atomic mass is 10.1. The van der Waals surface area contributed by atoms with E-state index in [4.69, 9.17) is 11.6 Å². The molecule has 0 fully saturated rings. The minimum Gasteiger partial charge on any atom is -0.390 e. The van der Waals surface area contributed by atoms with Gasteiger partial charge < -0.3 is 5.11 Å². The average Bonchev–Trinajstić information content (AvgIpc) is 2.10. The molecule has 1 nitrogen and oxygen atoms in total. The largest absolute Gasteiger partial charge is 0.390 e. The first-order valence-corrected chi connectivity index (χ1v) is 4.68. The molecule has 0 unspecified atom stereocenters. The third-order valence-electron chi connectivity index (χ3n) is 1.23. The molecule has 1 aromatic rings. The SMILES string of the molecule is CC(C)(O)Cc1cc(Cl)cs1. The third-order valence-corrected chi connectivity index (χ3v) is 2.51. The summed E-state index contributed by atoms with van der Waals surface area (Å²) in [5.41, 5.74) is -0.631. The fraction of sp³-hybridized carbons (Fsp3) is 0.500. The van der Waals surface area contributed by atoms with Gasteiger partial charge in [0.2, 0.25) is 0 Å². The molecule has 11 heavy (non-hydrogen) atoms. The maximum absolute atomic E-state index is 9.44. The fourth-order valence-corrected chi connectivity index (χ4v) is 2.17. The Hall–Kier alpha value is -0.0500. The average molecular weight is 191 g/mol. The summed E-state index contributed by atoms with van der Waals surface area (Å²) in [5.74, 6) is 0. The molecular formula is C8H11ClOS. The Morgan fingerprint density at radius 3 is 2.64 bits per heavy atom. The van der Waals surface area contributed by atoms with Crippen molar-refractivity contribution in [2.75, 3.05) is 0 Å². The van der Waals surface area contributed by atoms with Gasteiger partial charge in [-0.1, -0.05) is 11.6 Å². The minimum atomic E-state index is -0.631. The van der Waals surface area contributed by atoms with Crippen molar-refractivity contribution in [3.8, 4) is 0 Å². The molecule has 0 spiro atoms. The smallest absolute Gasteiger partial charge is 0.0639 e. The Morgan fingerprint density at radius 2 is 2.27 bits per heavy atom. The molecule has 1 aromatic heterocycles. The molecule has 0 aliphatic rings. The normalized spacial score (nSPS) is 12.0. The van der Waals surface area contributed by atoms with E-state index in [9.17, 15) is 5.11 Å². The highest BCUT2D eigenvalue weighted by Crippen LogP contribution is 2.22. The highest BCUT2D eigenvalue weighted by molar-refractivity contribution is 7.10. The second-order valence-corrected chi connectivity index (χ2v) is 4.65. The summed E-state index contributed by atoms with van der Waals surface area (Å²) >= 11 is 7.30. The van der Waals surface area contributed by atoms with E-state index in [0.29, 0.717) is 6.42 Å². The van der Waals surface area contributed by atoms with E-state index in [1.165, 1.54) is 0 Å². The highest BCUT2D eigenvalue weighted by Gasteiger charge is 2.14. The summed E-state index contributed by atoms with van der Waals surface area (Å²) < 4.78 is 0. The van der Waals surface area contributed by atoms with Crippen LogP contribution in [-0.4, -0.2) is 10.7 Å². The monoisotopic (exact) mass is 190 g/mol. The van der Waals surface area contributed by atoms with Crippen molar-refractivity contribution in [1.82, 2.24) is 0 Å². The number of hydrogen-bond acceptors (Lipinski definition) is 2. The van der Waals surface area contributed by atoms with Crippen LogP contribution in [0.3, 0.4) is 0 Å². The van der Waals surface area contributed by atoms with Crippen LogP contribution in [0.4, 0.5) is 0 Å². The van der Waals surface area contributed by atoms with Crippen molar-refractivity contribution in [3.05, 3.63) is 21.3 Å². The Kier molecular flexibility index (Phi) is 2.58. The van der Waals surface area contributed by atoms with Gasteiger partial charge in [0.1, 0.15) is 0 Å². The Labute approximate surface area is 75.6 Å². The molecule has 1 heterocycles. The van der Waals surface area contributed by atoms with E-state index in [1.807, 2.05) is 11.4 Å². The first-order chi connectivity index (χ1) is 4.97. The number of hydrogen-bond donors (Lipinski definition) is 1. The summed E-state index contributed by atoms with van der Waals surface area (Å²) in [6.45, 7) is 3.58.